The first-order valence-corrected chi connectivity index (χ1v) is 11.1. The van der Waals surface area contributed by atoms with Gasteiger partial charge in [0, 0.05) is 4.88 Å². The Morgan fingerprint density at radius 2 is 2.10 bits per heavy atom. The highest BCUT2D eigenvalue weighted by Gasteiger charge is 2.23. The smallest absolute Gasteiger partial charge is 0.266 e. The van der Waals surface area contributed by atoms with Crippen LogP contribution in [0.4, 0.5) is 5.00 Å². The molecule has 0 atom stereocenters. The van der Waals surface area contributed by atoms with E-state index in [-0.39, 0.29) is 5.57 Å². The second-order valence-electron chi connectivity index (χ2n) is 6.62. The van der Waals surface area contributed by atoms with Crippen LogP contribution in [-0.2, 0) is 17.6 Å². The quantitative estimate of drug-likeness (QED) is 0.447. The van der Waals surface area contributed by atoms with Gasteiger partial charge in [0.25, 0.3) is 5.91 Å². The number of fused-ring (bicyclic) bond motifs is 1. The monoisotopic (exact) mass is 485 g/mol. The zero-order chi connectivity index (χ0) is 21.7. The normalized spacial score (nSPS) is 13.0. The van der Waals surface area contributed by atoms with Crippen LogP contribution in [0.2, 0.25) is 0 Å². The number of rotatable bonds is 6. The van der Waals surface area contributed by atoms with Gasteiger partial charge in [0.15, 0.2) is 11.5 Å². The summed E-state index contributed by atoms with van der Waals surface area (Å²) < 4.78 is 11.6. The van der Waals surface area contributed by atoms with Crippen LogP contribution in [0.3, 0.4) is 0 Å². The van der Waals surface area contributed by atoms with E-state index in [0.29, 0.717) is 38.7 Å². The molecule has 3 rings (SSSR count). The van der Waals surface area contributed by atoms with Crippen LogP contribution in [0, 0.1) is 22.7 Å². The summed E-state index contributed by atoms with van der Waals surface area (Å²) in [4.78, 5) is 13.9. The number of nitriles is 2. The van der Waals surface area contributed by atoms with Gasteiger partial charge >= 0.3 is 0 Å². The number of benzene rings is 1. The van der Waals surface area contributed by atoms with Crippen molar-refractivity contribution in [1.29, 1.82) is 10.5 Å². The third-order valence-corrected chi connectivity index (χ3v) is 6.52. The van der Waals surface area contributed by atoms with Crippen molar-refractivity contribution < 1.29 is 14.3 Å². The molecule has 1 heterocycles. The zero-order valence-electron chi connectivity index (χ0n) is 16.7. The van der Waals surface area contributed by atoms with Crippen LogP contribution in [0.1, 0.15) is 41.3 Å². The fraction of sp³-hybridized carbons (Fsp3) is 0.318. The number of nitrogens with one attached hydrogen (secondary N) is 1. The molecule has 8 heteroatoms. The number of halogens is 1. The van der Waals surface area contributed by atoms with Gasteiger partial charge in [-0.1, -0.05) is 0 Å². The van der Waals surface area contributed by atoms with Crippen molar-refractivity contribution in [3.05, 3.63) is 43.7 Å². The van der Waals surface area contributed by atoms with Crippen molar-refractivity contribution >= 4 is 44.3 Å². The summed E-state index contributed by atoms with van der Waals surface area (Å²) in [5.74, 6) is 0.508. The minimum absolute atomic E-state index is 0.0650. The molecule has 154 valence electrons. The van der Waals surface area contributed by atoms with Gasteiger partial charge in [0.05, 0.1) is 23.8 Å². The van der Waals surface area contributed by atoms with E-state index in [9.17, 15) is 15.3 Å². The molecule has 30 heavy (non-hydrogen) atoms. The van der Waals surface area contributed by atoms with Crippen molar-refractivity contribution in [2.75, 3.05) is 19.0 Å². The van der Waals surface area contributed by atoms with E-state index in [1.807, 2.05) is 13.0 Å². The molecular formula is C22H20BrN3O3S. The van der Waals surface area contributed by atoms with Crippen LogP contribution in [0.25, 0.3) is 6.08 Å². The molecule has 0 saturated heterocycles. The van der Waals surface area contributed by atoms with Gasteiger partial charge < -0.3 is 14.8 Å². The number of amides is 1. The summed E-state index contributed by atoms with van der Waals surface area (Å²) in [5, 5.41) is 22.4. The van der Waals surface area contributed by atoms with Crippen molar-refractivity contribution in [2.45, 2.75) is 32.6 Å². The summed E-state index contributed by atoms with van der Waals surface area (Å²) in [7, 11) is 1.54. The maximum atomic E-state index is 12.8. The van der Waals surface area contributed by atoms with E-state index in [0.717, 1.165) is 36.1 Å². The first-order chi connectivity index (χ1) is 14.5. The first kappa shape index (κ1) is 21.9. The lowest BCUT2D eigenvalue weighted by atomic mass is 9.96. The first-order valence-electron chi connectivity index (χ1n) is 9.50. The number of ether oxygens (including phenoxy) is 2. The van der Waals surface area contributed by atoms with Crippen molar-refractivity contribution in [1.82, 2.24) is 0 Å². The van der Waals surface area contributed by atoms with E-state index in [1.54, 1.807) is 19.2 Å². The van der Waals surface area contributed by atoms with Gasteiger partial charge in [-0.05, 0) is 77.9 Å². The van der Waals surface area contributed by atoms with E-state index < -0.39 is 5.91 Å². The van der Waals surface area contributed by atoms with Gasteiger partial charge in [-0.15, -0.1) is 11.3 Å². The molecule has 0 unspecified atom stereocenters. The summed E-state index contributed by atoms with van der Waals surface area (Å²) >= 11 is 4.86. The number of carbonyl (C=O) groups is 1. The van der Waals surface area contributed by atoms with Crippen LogP contribution < -0.4 is 14.8 Å². The third-order valence-electron chi connectivity index (χ3n) is 4.72. The van der Waals surface area contributed by atoms with Crippen molar-refractivity contribution in [2.24, 2.45) is 0 Å². The number of thiophene rings is 1. The molecule has 0 fully saturated rings. The fourth-order valence-corrected chi connectivity index (χ4v) is 5.25. The van der Waals surface area contributed by atoms with E-state index in [4.69, 9.17) is 9.47 Å². The highest BCUT2D eigenvalue weighted by molar-refractivity contribution is 9.10. The average Bonchev–Trinajstić information content (AvgIpc) is 3.08. The summed E-state index contributed by atoms with van der Waals surface area (Å²) in [6.07, 6.45) is 5.39. The number of carbonyl (C=O) groups excluding carboxylic acids is 1. The van der Waals surface area contributed by atoms with Gasteiger partial charge in [0.1, 0.15) is 22.7 Å². The van der Waals surface area contributed by atoms with Gasteiger partial charge in [-0.3, -0.25) is 4.79 Å². The lowest BCUT2D eigenvalue weighted by molar-refractivity contribution is -0.112. The molecular weight excluding hydrogens is 466 g/mol. The molecule has 1 aliphatic carbocycles. The maximum Gasteiger partial charge on any atom is 0.266 e. The summed E-state index contributed by atoms with van der Waals surface area (Å²) in [6, 6.07) is 7.62. The standard InChI is InChI=1S/C22H20BrN3O3S/c1-3-29-18-10-13(9-17(23)20(18)28-2)8-14(11-24)21(27)26-22-16(12-25)15-6-4-5-7-19(15)30-22/h8-10H,3-7H2,1-2H3,(H,26,27)/b14-8+. The third kappa shape index (κ3) is 4.51. The van der Waals surface area contributed by atoms with E-state index >= 15 is 0 Å². The van der Waals surface area contributed by atoms with Gasteiger partial charge in [0.2, 0.25) is 0 Å². The largest absolute Gasteiger partial charge is 0.492 e. The Morgan fingerprint density at radius 1 is 1.33 bits per heavy atom. The van der Waals surface area contributed by atoms with Gasteiger partial charge in [-0.2, -0.15) is 10.5 Å². The molecule has 0 spiro atoms. The van der Waals surface area contributed by atoms with Crippen LogP contribution >= 0.6 is 27.3 Å². The number of aryl methyl sites for hydroxylation is 1. The Balaban J connectivity index is 1.91. The lowest BCUT2D eigenvalue weighted by Crippen LogP contribution is -2.13. The number of nitrogens with zero attached hydrogens (tertiary/aromatic N) is 2. The highest BCUT2D eigenvalue weighted by Crippen LogP contribution is 2.39. The van der Waals surface area contributed by atoms with Gasteiger partial charge in [-0.25, -0.2) is 0 Å². The Labute approximate surface area is 187 Å². The summed E-state index contributed by atoms with van der Waals surface area (Å²) in [5.41, 5.74) is 2.10. The van der Waals surface area contributed by atoms with E-state index in [1.165, 1.54) is 17.4 Å². The molecule has 0 bridgehead atoms. The minimum atomic E-state index is -0.544. The molecule has 0 aliphatic heterocycles. The fourth-order valence-electron chi connectivity index (χ4n) is 3.39. The Morgan fingerprint density at radius 3 is 2.77 bits per heavy atom. The average molecular weight is 486 g/mol. The molecule has 6 nitrogen and oxygen atoms in total. The molecule has 1 aromatic heterocycles. The number of hydrogen-bond donors (Lipinski definition) is 1. The number of anilines is 1. The molecule has 1 amide bonds. The maximum absolute atomic E-state index is 12.8. The summed E-state index contributed by atoms with van der Waals surface area (Å²) in [6.45, 7) is 2.30. The molecule has 1 N–H and O–H groups in total. The lowest BCUT2D eigenvalue weighted by Gasteiger charge is -2.12. The molecule has 1 aromatic carbocycles. The molecule has 0 saturated carbocycles. The second-order valence-corrected chi connectivity index (χ2v) is 8.58. The second kappa shape index (κ2) is 9.80. The number of hydrogen-bond acceptors (Lipinski definition) is 6. The number of methoxy groups -OCH3 is 1. The molecule has 2 aromatic rings. The van der Waals surface area contributed by atoms with Crippen LogP contribution in [0.5, 0.6) is 11.5 Å². The van der Waals surface area contributed by atoms with E-state index in [2.05, 4.69) is 27.3 Å². The molecule has 0 radical (unpaired) electrons. The van der Waals surface area contributed by atoms with Crippen molar-refractivity contribution in [3.8, 4) is 23.6 Å². The highest BCUT2D eigenvalue weighted by atomic mass is 79.9. The topological polar surface area (TPSA) is 95.1 Å². The Bertz CT molecular complexity index is 1090. The SMILES string of the molecule is CCOc1cc(/C=C(\C#N)C(=O)Nc2sc3c(c2C#N)CCCC3)cc(Br)c1OC. The predicted molar refractivity (Wildman–Crippen MR) is 120 cm³/mol. The van der Waals surface area contributed by atoms with Crippen LogP contribution in [-0.4, -0.2) is 19.6 Å². The predicted octanol–water partition coefficient (Wildman–Crippen LogP) is 5.21. The van der Waals surface area contributed by atoms with Crippen molar-refractivity contribution in [3.63, 3.8) is 0 Å². The minimum Gasteiger partial charge on any atom is -0.492 e. The Hall–Kier alpha value is -2.81. The van der Waals surface area contributed by atoms with Crippen LogP contribution in [0.15, 0.2) is 22.2 Å². The Kier molecular flexibility index (Phi) is 7.15. The zero-order valence-corrected chi connectivity index (χ0v) is 19.1. The molecule has 1 aliphatic rings.